The second kappa shape index (κ2) is 4.74. The van der Waals surface area contributed by atoms with Crippen molar-refractivity contribution in [2.45, 2.75) is 19.3 Å². The summed E-state index contributed by atoms with van der Waals surface area (Å²) in [5.74, 6) is 0.161. The highest BCUT2D eigenvalue weighted by molar-refractivity contribution is 7.15. The van der Waals surface area contributed by atoms with Gasteiger partial charge in [0.05, 0.1) is 7.11 Å². The molecule has 1 aliphatic carbocycles. The Balaban J connectivity index is 2.05. The first-order valence-electron chi connectivity index (χ1n) is 6.06. The van der Waals surface area contributed by atoms with Crippen molar-refractivity contribution >= 4 is 17.1 Å². The van der Waals surface area contributed by atoms with Crippen LogP contribution >= 0.6 is 11.3 Å². The van der Waals surface area contributed by atoms with Crippen LogP contribution in [0.5, 0.6) is 5.75 Å². The molecule has 0 atom stereocenters. The van der Waals surface area contributed by atoms with Gasteiger partial charge in [-0.15, -0.1) is 11.3 Å². The van der Waals surface area contributed by atoms with Crippen LogP contribution < -0.4 is 4.74 Å². The summed E-state index contributed by atoms with van der Waals surface area (Å²) in [6.07, 6.45) is 2.26. The van der Waals surface area contributed by atoms with E-state index >= 15 is 0 Å². The predicted molar refractivity (Wildman–Crippen MR) is 71.3 cm³/mol. The highest BCUT2D eigenvalue weighted by Gasteiger charge is 2.23. The zero-order valence-corrected chi connectivity index (χ0v) is 11.2. The van der Waals surface area contributed by atoms with Gasteiger partial charge in [-0.3, -0.25) is 4.79 Å². The summed E-state index contributed by atoms with van der Waals surface area (Å²) in [5, 5.41) is 0.570. The zero-order chi connectivity index (χ0) is 13.4. The molecule has 98 valence electrons. The van der Waals surface area contributed by atoms with Crippen molar-refractivity contribution in [3.05, 3.63) is 34.6 Å². The van der Waals surface area contributed by atoms with Crippen LogP contribution in [0.2, 0.25) is 0 Å². The van der Waals surface area contributed by atoms with Crippen molar-refractivity contribution in [3.63, 3.8) is 0 Å². The second-order valence-corrected chi connectivity index (χ2v) is 5.50. The van der Waals surface area contributed by atoms with Crippen LogP contribution in [0.25, 0.3) is 10.6 Å². The number of benzene rings is 1. The third-order valence-electron chi connectivity index (χ3n) is 3.18. The zero-order valence-electron chi connectivity index (χ0n) is 10.4. The molecule has 1 heterocycles. The SMILES string of the molecule is COc1ccc(-c2nc3c(s2)CCCC3=O)c(F)c1. The Bertz CT molecular complexity index is 651. The van der Waals surface area contributed by atoms with Crippen LogP contribution in [-0.2, 0) is 6.42 Å². The average Bonchev–Trinajstić information content (AvgIpc) is 2.83. The summed E-state index contributed by atoms with van der Waals surface area (Å²) in [6, 6.07) is 4.67. The van der Waals surface area contributed by atoms with Gasteiger partial charge in [-0.2, -0.15) is 0 Å². The Kier molecular flexibility index (Phi) is 3.06. The summed E-state index contributed by atoms with van der Waals surface area (Å²) < 4.78 is 19.0. The van der Waals surface area contributed by atoms with E-state index in [-0.39, 0.29) is 11.6 Å². The fourth-order valence-corrected chi connectivity index (χ4v) is 3.33. The third kappa shape index (κ3) is 2.14. The first kappa shape index (κ1) is 12.3. The van der Waals surface area contributed by atoms with Gasteiger partial charge in [0.25, 0.3) is 0 Å². The molecule has 0 N–H and O–H groups in total. The summed E-state index contributed by atoms with van der Waals surface area (Å²) in [7, 11) is 1.50. The van der Waals surface area contributed by atoms with Crippen LogP contribution in [0.3, 0.4) is 0 Å². The molecule has 1 aromatic carbocycles. The minimum atomic E-state index is -0.377. The van der Waals surface area contributed by atoms with E-state index in [0.717, 1.165) is 17.7 Å². The number of Topliss-reactive ketones (excluding diaryl/α,β-unsaturated/α-hetero) is 1. The lowest BCUT2D eigenvalue weighted by Crippen LogP contribution is -2.08. The van der Waals surface area contributed by atoms with Crippen molar-refractivity contribution in [1.29, 1.82) is 0 Å². The van der Waals surface area contributed by atoms with Crippen LogP contribution in [-0.4, -0.2) is 17.9 Å². The quantitative estimate of drug-likeness (QED) is 0.843. The number of methoxy groups -OCH3 is 1. The van der Waals surface area contributed by atoms with Gasteiger partial charge in [0.2, 0.25) is 0 Å². The maximum absolute atomic E-state index is 14.0. The lowest BCUT2D eigenvalue weighted by atomic mass is 10.0. The van der Waals surface area contributed by atoms with E-state index in [1.165, 1.54) is 24.5 Å². The van der Waals surface area contributed by atoms with Crippen molar-refractivity contribution in [3.8, 4) is 16.3 Å². The number of halogens is 1. The maximum Gasteiger partial charge on any atom is 0.182 e. The van der Waals surface area contributed by atoms with Gasteiger partial charge in [-0.1, -0.05) is 0 Å². The molecular weight excluding hydrogens is 265 g/mol. The molecule has 0 unspecified atom stereocenters. The highest BCUT2D eigenvalue weighted by atomic mass is 32.1. The number of hydrogen-bond donors (Lipinski definition) is 0. The molecule has 0 spiro atoms. The number of thiazole rings is 1. The third-order valence-corrected chi connectivity index (χ3v) is 4.32. The number of hydrogen-bond acceptors (Lipinski definition) is 4. The second-order valence-electron chi connectivity index (χ2n) is 4.41. The molecule has 0 saturated heterocycles. The van der Waals surface area contributed by atoms with E-state index in [2.05, 4.69) is 4.98 Å². The molecule has 1 aromatic heterocycles. The number of aryl methyl sites for hydroxylation is 1. The molecule has 19 heavy (non-hydrogen) atoms. The van der Waals surface area contributed by atoms with Crippen molar-refractivity contribution in [1.82, 2.24) is 4.98 Å². The molecule has 3 rings (SSSR count). The number of nitrogens with zero attached hydrogens (tertiary/aromatic N) is 1. The normalized spacial score (nSPS) is 14.3. The number of rotatable bonds is 2. The van der Waals surface area contributed by atoms with Gasteiger partial charge in [-0.05, 0) is 25.0 Å². The summed E-state index contributed by atoms with van der Waals surface area (Å²) in [6.45, 7) is 0. The molecule has 0 fully saturated rings. The molecule has 0 saturated carbocycles. The van der Waals surface area contributed by atoms with Crippen molar-refractivity contribution in [2.24, 2.45) is 0 Å². The number of fused-ring (bicyclic) bond motifs is 1. The van der Waals surface area contributed by atoms with Crippen LogP contribution in [0, 0.1) is 5.82 Å². The summed E-state index contributed by atoms with van der Waals surface area (Å²) >= 11 is 1.41. The van der Waals surface area contributed by atoms with Gasteiger partial charge >= 0.3 is 0 Å². The van der Waals surface area contributed by atoms with E-state index in [0.29, 0.717) is 28.4 Å². The van der Waals surface area contributed by atoms with E-state index in [9.17, 15) is 9.18 Å². The fraction of sp³-hybridized carbons (Fsp3) is 0.286. The molecule has 0 radical (unpaired) electrons. The number of carbonyl (C=O) groups excluding carboxylic acids is 1. The van der Waals surface area contributed by atoms with Crippen LogP contribution in [0.15, 0.2) is 18.2 Å². The molecule has 0 bridgehead atoms. The number of ether oxygens (including phenoxy) is 1. The molecule has 2 aromatic rings. The largest absolute Gasteiger partial charge is 0.497 e. The average molecular weight is 277 g/mol. The predicted octanol–water partition coefficient (Wildman–Crippen LogP) is 3.48. The molecule has 3 nitrogen and oxygen atoms in total. The minimum absolute atomic E-state index is 0.0673. The van der Waals surface area contributed by atoms with Crippen LogP contribution in [0.1, 0.15) is 28.2 Å². The number of aromatic nitrogens is 1. The molecule has 5 heteroatoms. The lowest BCUT2D eigenvalue weighted by Gasteiger charge is -2.06. The Morgan fingerprint density at radius 3 is 2.89 bits per heavy atom. The summed E-state index contributed by atoms with van der Waals surface area (Å²) in [4.78, 5) is 17.0. The minimum Gasteiger partial charge on any atom is -0.497 e. The molecule has 0 amide bonds. The Morgan fingerprint density at radius 1 is 1.37 bits per heavy atom. The number of carbonyl (C=O) groups is 1. The van der Waals surface area contributed by atoms with Crippen molar-refractivity contribution < 1.29 is 13.9 Å². The maximum atomic E-state index is 14.0. The topological polar surface area (TPSA) is 39.2 Å². The van der Waals surface area contributed by atoms with Gasteiger partial charge in [0.15, 0.2) is 5.78 Å². The Hall–Kier alpha value is -1.75. The van der Waals surface area contributed by atoms with Gasteiger partial charge in [0.1, 0.15) is 22.3 Å². The first-order chi connectivity index (χ1) is 9.19. The smallest absolute Gasteiger partial charge is 0.182 e. The Morgan fingerprint density at radius 2 is 2.21 bits per heavy atom. The van der Waals surface area contributed by atoms with Crippen molar-refractivity contribution in [2.75, 3.05) is 7.11 Å². The fourth-order valence-electron chi connectivity index (χ4n) is 2.18. The van der Waals surface area contributed by atoms with E-state index < -0.39 is 0 Å². The molecule has 1 aliphatic rings. The van der Waals surface area contributed by atoms with Gasteiger partial charge in [-0.25, -0.2) is 9.37 Å². The summed E-state index contributed by atoms with van der Waals surface area (Å²) in [5.41, 5.74) is 0.953. The first-order valence-corrected chi connectivity index (χ1v) is 6.87. The number of ketones is 1. The van der Waals surface area contributed by atoms with E-state index in [1.807, 2.05) is 0 Å². The Labute approximate surface area is 114 Å². The van der Waals surface area contributed by atoms with Gasteiger partial charge < -0.3 is 4.74 Å². The van der Waals surface area contributed by atoms with E-state index in [4.69, 9.17) is 4.74 Å². The lowest BCUT2D eigenvalue weighted by molar-refractivity contribution is 0.0968. The highest BCUT2D eigenvalue weighted by Crippen LogP contribution is 2.34. The standard InChI is InChI=1S/C14H12FNO2S/c1-18-8-5-6-9(10(15)7-8)14-16-13-11(17)3-2-4-12(13)19-14/h5-7H,2-4H2,1H3. The molecule has 0 aliphatic heterocycles. The van der Waals surface area contributed by atoms with Gasteiger partial charge in [0, 0.05) is 22.9 Å². The van der Waals surface area contributed by atoms with Crippen LogP contribution in [0.4, 0.5) is 4.39 Å². The van der Waals surface area contributed by atoms with E-state index in [1.54, 1.807) is 12.1 Å². The monoisotopic (exact) mass is 277 g/mol. The molecular formula is C14H12FNO2S.